The molecule has 0 aromatic heterocycles. The molecule has 8 heteroatoms. The number of carboxylic acid groups (broad SMARTS) is 1. The number of hydrogen-bond acceptors (Lipinski definition) is 5. The number of carbonyl (C=O) groups is 1. The first-order chi connectivity index (χ1) is 14.4. The smallest absolute Gasteiger partial charge is 0.308 e. The van der Waals surface area contributed by atoms with E-state index in [1.807, 2.05) is 12.1 Å². The van der Waals surface area contributed by atoms with Gasteiger partial charge >= 0.3 is 5.97 Å². The number of nitrogens with zero attached hydrogens (tertiary/aromatic N) is 1. The minimum Gasteiger partial charge on any atom is -0.497 e. The Hall–Kier alpha value is -2.03. The molecule has 0 spiro atoms. The van der Waals surface area contributed by atoms with Crippen LogP contribution in [0, 0.1) is 5.92 Å². The molecule has 1 N–H and O–H groups in total. The van der Waals surface area contributed by atoms with Crippen LogP contribution in [0.2, 0.25) is 0 Å². The highest BCUT2D eigenvalue weighted by Gasteiger charge is 2.45. The van der Waals surface area contributed by atoms with E-state index in [2.05, 4.69) is 6.92 Å². The largest absolute Gasteiger partial charge is 0.497 e. The van der Waals surface area contributed by atoms with Gasteiger partial charge in [-0.2, -0.15) is 16.1 Å². The van der Waals surface area contributed by atoms with Crippen LogP contribution in [0.1, 0.15) is 31.4 Å². The van der Waals surface area contributed by atoms with E-state index in [0.717, 1.165) is 17.7 Å². The molecule has 0 saturated carbocycles. The first-order valence-corrected chi connectivity index (χ1v) is 12.4. The zero-order chi connectivity index (χ0) is 21.7. The molecule has 6 nitrogen and oxygen atoms in total. The van der Waals surface area contributed by atoms with Crippen LogP contribution in [0.25, 0.3) is 0 Å². The summed E-state index contributed by atoms with van der Waals surface area (Å²) >= 11 is 1.62. The molecular weight excluding hydrogens is 422 g/mol. The van der Waals surface area contributed by atoms with E-state index in [1.54, 1.807) is 61.3 Å². The van der Waals surface area contributed by atoms with Crippen LogP contribution in [0.3, 0.4) is 0 Å². The average molecular weight is 450 g/mol. The highest BCUT2D eigenvalue weighted by atomic mass is 32.2. The second kappa shape index (κ2) is 9.85. The Morgan fingerprint density at radius 1 is 1.17 bits per heavy atom. The molecule has 3 rings (SSSR count). The molecule has 1 aliphatic heterocycles. The molecule has 2 aromatic rings. The monoisotopic (exact) mass is 449 g/mol. The van der Waals surface area contributed by atoms with Crippen molar-refractivity contribution < 1.29 is 23.1 Å². The van der Waals surface area contributed by atoms with Gasteiger partial charge in [0.15, 0.2) is 0 Å². The summed E-state index contributed by atoms with van der Waals surface area (Å²) in [5.74, 6) is -0.179. The number of thioether (sulfide) groups is 1. The summed E-state index contributed by atoms with van der Waals surface area (Å²) in [7, 11) is -2.28. The van der Waals surface area contributed by atoms with Gasteiger partial charge < -0.3 is 9.84 Å². The number of piperidine rings is 1. The number of sulfonamides is 1. The van der Waals surface area contributed by atoms with E-state index in [-0.39, 0.29) is 16.7 Å². The van der Waals surface area contributed by atoms with Gasteiger partial charge in [-0.05, 0) is 48.4 Å². The Labute approximate surface area is 182 Å². The van der Waals surface area contributed by atoms with Crippen molar-refractivity contribution in [3.05, 3.63) is 60.2 Å². The van der Waals surface area contributed by atoms with Crippen molar-refractivity contribution in [2.45, 2.75) is 36.0 Å². The predicted molar refractivity (Wildman–Crippen MR) is 118 cm³/mol. The molecule has 30 heavy (non-hydrogen) atoms. The van der Waals surface area contributed by atoms with Gasteiger partial charge in [0.05, 0.1) is 24.0 Å². The summed E-state index contributed by atoms with van der Waals surface area (Å²) in [6.45, 7) is 2.00. The zero-order valence-electron chi connectivity index (χ0n) is 17.1. The fourth-order valence-electron chi connectivity index (χ4n) is 3.75. The van der Waals surface area contributed by atoms with Crippen molar-refractivity contribution in [3.8, 4) is 5.75 Å². The SMILES string of the molecule is CCCS[C@@H]1C[C@@H](c2ccc(OC)cc2)N(S(=O)(=O)c2ccccc2)C[C@H]1C(=O)O. The van der Waals surface area contributed by atoms with E-state index in [4.69, 9.17) is 4.74 Å². The lowest BCUT2D eigenvalue weighted by Gasteiger charge is -2.41. The molecule has 0 amide bonds. The van der Waals surface area contributed by atoms with Crippen molar-refractivity contribution in [1.29, 1.82) is 0 Å². The van der Waals surface area contributed by atoms with Crippen molar-refractivity contribution >= 4 is 27.8 Å². The van der Waals surface area contributed by atoms with Crippen LogP contribution >= 0.6 is 11.8 Å². The minimum atomic E-state index is -3.86. The lowest BCUT2D eigenvalue weighted by molar-refractivity contribution is -0.143. The van der Waals surface area contributed by atoms with Crippen LogP contribution in [-0.4, -0.2) is 48.5 Å². The summed E-state index contributed by atoms with van der Waals surface area (Å²) in [4.78, 5) is 12.2. The molecule has 162 valence electrons. The molecule has 0 unspecified atom stereocenters. The zero-order valence-corrected chi connectivity index (χ0v) is 18.7. The highest BCUT2D eigenvalue weighted by molar-refractivity contribution is 7.99. The third-order valence-electron chi connectivity index (χ3n) is 5.33. The number of ether oxygens (including phenoxy) is 1. The standard InChI is InChI=1S/C22H27NO5S2/c1-3-13-29-21-14-20(16-9-11-17(28-2)12-10-16)23(15-19(21)22(24)25)30(26,27)18-7-5-4-6-8-18/h4-12,19-21H,3,13-15H2,1-2H3,(H,24,25)/t19-,20+,21-/m1/s1. The van der Waals surface area contributed by atoms with Crippen molar-refractivity contribution in [2.75, 3.05) is 19.4 Å². The maximum atomic E-state index is 13.5. The first-order valence-electron chi connectivity index (χ1n) is 9.93. The molecular formula is C22H27NO5S2. The Morgan fingerprint density at radius 2 is 1.83 bits per heavy atom. The molecule has 0 bridgehead atoms. The van der Waals surface area contributed by atoms with Crippen LogP contribution < -0.4 is 4.74 Å². The minimum absolute atomic E-state index is 0.0510. The van der Waals surface area contributed by atoms with Gasteiger partial charge in [0.2, 0.25) is 10.0 Å². The van der Waals surface area contributed by atoms with E-state index in [9.17, 15) is 18.3 Å². The van der Waals surface area contributed by atoms with Crippen LogP contribution in [0.4, 0.5) is 0 Å². The summed E-state index contributed by atoms with van der Waals surface area (Å²) in [6.07, 6.45) is 1.38. The topological polar surface area (TPSA) is 83.9 Å². The van der Waals surface area contributed by atoms with Gasteiger partial charge in [0.25, 0.3) is 0 Å². The lowest BCUT2D eigenvalue weighted by atomic mass is 9.90. The molecule has 0 radical (unpaired) electrons. The lowest BCUT2D eigenvalue weighted by Crippen LogP contribution is -2.49. The van der Waals surface area contributed by atoms with Crippen molar-refractivity contribution in [2.24, 2.45) is 5.92 Å². The Balaban J connectivity index is 2.04. The van der Waals surface area contributed by atoms with Crippen molar-refractivity contribution in [3.63, 3.8) is 0 Å². The van der Waals surface area contributed by atoms with Crippen LogP contribution in [0.5, 0.6) is 5.75 Å². The van der Waals surface area contributed by atoms with E-state index in [1.165, 1.54) is 4.31 Å². The van der Waals surface area contributed by atoms with Crippen LogP contribution in [0.15, 0.2) is 59.5 Å². The molecule has 0 aliphatic carbocycles. The van der Waals surface area contributed by atoms with Crippen molar-refractivity contribution in [1.82, 2.24) is 4.31 Å². The predicted octanol–water partition coefficient (Wildman–Crippen LogP) is 4.04. The third kappa shape index (κ3) is 4.82. The van der Waals surface area contributed by atoms with E-state index >= 15 is 0 Å². The normalized spacial score (nSPS) is 22.5. The summed E-state index contributed by atoms with van der Waals surface area (Å²) in [6, 6.07) is 15.1. The summed E-state index contributed by atoms with van der Waals surface area (Å²) < 4.78 is 33.6. The molecule has 1 aliphatic rings. The van der Waals surface area contributed by atoms with Crippen LogP contribution in [-0.2, 0) is 14.8 Å². The summed E-state index contributed by atoms with van der Waals surface area (Å²) in [5, 5.41) is 9.68. The van der Waals surface area contributed by atoms with E-state index in [0.29, 0.717) is 12.2 Å². The van der Waals surface area contributed by atoms with Gasteiger partial charge in [0, 0.05) is 11.8 Å². The number of carboxylic acids is 1. The quantitative estimate of drug-likeness (QED) is 0.655. The molecule has 1 fully saturated rings. The Kier molecular flexibility index (Phi) is 7.44. The fraction of sp³-hybridized carbons (Fsp3) is 0.409. The van der Waals surface area contributed by atoms with Gasteiger partial charge in [-0.15, -0.1) is 0 Å². The third-order valence-corrected chi connectivity index (χ3v) is 8.81. The maximum Gasteiger partial charge on any atom is 0.308 e. The number of hydrogen-bond donors (Lipinski definition) is 1. The Bertz CT molecular complexity index is 947. The second-order valence-electron chi connectivity index (χ2n) is 7.27. The Morgan fingerprint density at radius 3 is 2.40 bits per heavy atom. The average Bonchev–Trinajstić information content (AvgIpc) is 2.77. The molecule has 1 heterocycles. The van der Waals surface area contributed by atoms with Gasteiger partial charge in [-0.1, -0.05) is 37.3 Å². The summed E-state index contributed by atoms with van der Waals surface area (Å²) in [5.41, 5.74) is 0.834. The number of methoxy groups -OCH3 is 1. The van der Waals surface area contributed by atoms with Gasteiger partial charge in [0.1, 0.15) is 5.75 Å². The molecule has 3 atom stereocenters. The second-order valence-corrected chi connectivity index (χ2v) is 10.5. The first kappa shape index (κ1) is 22.7. The molecule has 2 aromatic carbocycles. The fourth-order valence-corrected chi connectivity index (χ4v) is 6.72. The maximum absolute atomic E-state index is 13.5. The van der Waals surface area contributed by atoms with E-state index < -0.39 is 28.0 Å². The molecule has 1 saturated heterocycles. The number of aliphatic carboxylic acids is 1. The van der Waals surface area contributed by atoms with Gasteiger partial charge in [-0.3, -0.25) is 4.79 Å². The number of benzene rings is 2. The number of rotatable bonds is 8. The van der Waals surface area contributed by atoms with Gasteiger partial charge in [-0.25, -0.2) is 8.42 Å². The highest BCUT2D eigenvalue weighted by Crippen LogP contribution is 2.42.